The van der Waals surface area contributed by atoms with Gasteiger partial charge in [-0.1, -0.05) is 36.7 Å². The number of halogens is 1. The van der Waals surface area contributed by atoms with Crippen molar-refractivity contribution in [3.63, 3.8) is 0 Å². The summed E-state index contributed by atoms with van der Waals surface area (Å²) in [7, 11) is 0. The Kier molecular flexibility index (Phi) is 5.48. The van der Waals surface area contributed by atoms with Crippen LogP contribution in [0, 0.1) is 5.92 Å². The standard InChI is InChI=1S/C15H22ClNO/c1-2-17-15(13-7-5-9-18-11-13)10-12-6-3-4-8-14(12)16/h3-4,6,8,13,15,17H,2,5,7,9-11H2,1H3. The first-order chi connectivity index (χ1) is 8.81. The minimum atomic E-state index is 0.468. The molecule has 1 aromatic rings. The molecular formula is C15H22ClNO. The van der Waals surface area contributed by atoms with Gasteiger partial charge < -0.3 is 10.1 Å². The van der Waals surface area contributed by atoms with Crippen molar-refractivity contribution in [3.8, 4) is 0 Å². The van der Waals surface area contributed by atoms with Crippen molar-refractivity contribution in [3.05, 3.63) is 34.9 Å². The van der Waals surface area contributed by atoms with E-state index in [0.717, 1.165) is 31.2 Å². The maximum absolute atomic E-state index is 6.25. The lowest BCUT2D eigenvalue weighted by Gasteiger charge is -2.31. The van der Waals surface area contributed by atoms with E-state index in [1.54, 1.807) is 0 Å². The molecule has 2 rings (SSSR count). The Balaban J connectivity index is 2.03. The molecule has 1 aliphatic heterocycles. The third-order valence-corrected chi connectivity index (χ3v) is 4.00. The summed E-state index contributed by atoms with van der Waals surface area (Å²) in [4.78, 5) is 0. The van der Waals surface area contributed by atoms with Crippen molar-refractivity contribution in [2.45, 2.75) is 32.2 Å². The van der Waals surface area contributed by atoms with Gasteiger partial charge in [0.2, 0.25) is 0 Å². The maximum atomic E-state index is 6.25. The van der Waals surface area contributed by atoms with E-state index in [1.807, 2.05) is 12.1 Å². The van der Waals surface area contributed by atoms with Gasteiger partial charge in [-0.2, -0.15) is 0 Å². The third kappa shape index (κ3) is 3.71. The van der Waals surface area contributed by atoms with E-state index in [9.17, 15) is 0 Å². The Hall–Kier alpha value is -0.570. The largest absolute Gasteiger partial charge is 0.381 e. The second-order valence-electron chi connectivity index (χ2n) is 4.94. The van der Waals surface area contributed by atoms with Crippen LogP contribution >= 0.6 is 11.6 Å². The van der Waals surface area contributed by atoms with E-state index in [2.05, 4.69) is 24.4 Å². The van der Waals surface area contributed by atoms with E-state index in [-0.39, 0.29) is 0 Å². The van der Waals surface area contributed by atoms with Crippen LogP contribution < -0.4 is 5.32 Å². The smallest absolute Gasteiger partial charge is 0.0509 e. The van der Waals surface area contributed by atoms with Gasteiger partial charge in [0.05, 0.1) is 6.61 Å². The highest BCUT2D eigenvalue weighted by Crippen LogP contribution is 2.23. The van der Waals surface area contributed by atoms with E-state index in [4.69, 9.17) is 16.3 Å². The number of hydrogen-bond acceptors (Lipinski definition) is 2. The molecule has 2 nitrogen and oxygen atoms in total. The van der Waals surface area contributed by atoms with Crippen LogP contribution in [0.4, 0.5) is 0 Å². The Labute approximate surface area is 115 Å². The molecular weight excluding hydrogens is 246 g/mol. The molecule has 2 atom stereocenters. The summed E-state index contributed by atoms with van der Waals surface area (Å²) in [5, 5.41) is 4.46. The van der Waals surface area contributed by atoms with E-state index >= 15 is 0 Å². The Morgan fingerprint density at radius 1 is 1.44 bits per heavy atom. The summed E-state index contributed by atoms with van der Waals surface area (Å²) in [6.45, 7) is 4.94. The van der Waals surface area contributed by atoms with Crippen LogP contribution in [0.1, 0.15) is 25.3 Å². The van der Waals surface area contributed by atoms with Crippen LogP contribution in [0.5, 0.6) is 0 Å². The summed E-state index contributed by atoms with van der Waals surface area (Å²) < 4.78 is 5.60. The maximum Gasteiger partial charge on any atom is 0.0509 e. The van der Waals surface area contributed by atoms with Crippen molar-refractivity contribution in [2.24, 2.45) is 5.92 Å². The lowest BCUT2D eigenvalue weighted by atomic mass is 9.89. The van der Waals surface area contributed by atoms with Crippen molar-refractivity contribution in [2.75, 3.05) is 19.8 Å². The molecule has 0 radical (unpaired) electrons. The Morgan fingerprint density at radius 2 is 2.28 bits per heavy atom. The first kappa shape index (κ1) is 13.9. The summed E-state index contributed by atoms with van der Waals surface area (Å²) in [6, 6.07) is 8.60. The van der Waals surface area contributed by atoms with Crippen LogP contribution in [0.15, 0.2) is 24.3 Å². The van der Waals surface area contributed by atoms with Gasteiger partial charge in [-0.3, -0.25) is 0 Å². The highest BCUT2D eigenvalue weighted by Gasteiger charge is 2.24. The predicted molar refractivity (Wildman–Crippen MR) is 76.2 cm³/mol. The van der Waals surface area contributed by atoms with Crippen LogP contribution in [0.25, 0.3) is 0 Å². The second kappa shape index (κ2) is 7.13. The average Bonchev–Trinajstić information content (AvgIpc) is 2.42. The molecule has 0 spiro atoms. The highest BCUT2D eigenvalue weighted by molar-refractivity contribution is 6.31. The molecule has 0 bridgehead atoms. The van der Waals surface area contributed by atoms with Gasteiger partial charge in [0.15, 0.2) is 0 Å². The molecule has 1 heterocycles. The van der Waals surface area contributed by atoms with Gasteiger partial charge in [0.1, 0.15) is 0 Å². The third-order valence-electron chi connectivity index (χ3n) is 3.63. The summed E-state index contributed by atoms with van der Waals surface area (Å²) in [6.07, 6.45) is 3.42. The molecule has 0 amide bonds. The van der Waals surface area contributed by atoms with Crippen molar-refractivity contribution < 1.29 is 4.74 Å². The quantitative estimate of drug-likeness (QED) is 0.884. The topological polar surface area (TPSA) is 21.3 Å². The molecule has 0 aliphatic carbocycles. The summed E-state index contributed by atoms with van der Waals surface area (Å²) >= 11 is 6.25. The number of likely N-dealkylation sites (N-methyl/N-ethyl adjacent to an activating group) is 1. The van der Waals surface area contributed by atoms with Gasteiger partial charge in [0.25, 0.3) is 0 Å². The molecule has 1 saturated heterocycles. The molecule has 1 N–H and O–H groups in total. The normalized spacial score (nSPS) is 21.8. The van der Waals surface area contributed by atoms with Crippen LogP contribution in [-0.4, -0.2) is 25.8 Å². The highest BCUT2D eigenvalue weighted by atomic mass is 35.5. The number of nitrogens with one attached hydrogen (secondary N) is 1. The van der Waals surface area contributed by atoms with Crippen molar-refractivity contribution >= 4 is 11.6 Å². The first-order valence-electron chi connectivity index (χ1n) is 6.85. The number of rotatable bonds is 5. The summed E-state index contributed by atoms with van der Waals surface area (Å²) in [5.74, 6) is 0.606. The molecule has 1 fully saturated rings. The lowest BCUT2D eigenvalue weighted by molar-refractivity contribution is 0.0396. The first-order valence-corrected chi connectivity index (χ1v) is 7.23. The average molecular weight is 268 g/mol. The van der Waals surface area contributed by atoms with E-state index in [1.165, 1.54) is 18.4 Å². The second-order valence-corrected chi connectivity index (χ2v) is 5.34. The monoisotopic (exact) mass is 267 g/mol. The van der Waals surface area contributed by atoms with E-state index < -0.39 is 0 Å². The number of benzene rings is 1. The molecule has 2 unspecified atom stereocenters. The van der Waals surface area contributed by atoms with Gasteiger partial charge in [0, 0.05) is 17.7 Å². The minimum Gasteiger partial charge on any atom is -0.381 e. The SMILES string of the molecule is CCNC(Cc1ccccc1Cl)C1CCCOC1. The van der Waals surface area contributed by atoms with Gasteiger partial charge in [-0.05, 0) is 43.4 Å². The molecule has 100 valence electrons. The fourth-order valence-electron chi connectivity index (χ4n) is 2.65. The van der Waals surface area contributed by atoms with Crippen LogP contribution in [0.3, 0.4) is 0 Å². The van der Waals surface area contributed by atoms with Gasteiger partial charge >= 0.3 is 0 Å². The zero-order chi connectivity index (χ0) is 12.8. The molecule has 1 aromatic carbocycles. The molecule has 18 heavy (non-hydrogen) atoms. The van der Waals surface area contributed by atoms with Crippen LogP contribution in [-0.2, 0) is 11.2 Å². The Bertz CT molecular complexity index is 363. The van der Waals surface area contributed by atoms with Gasteiger partial charge in [-0.25, -0.2) is 0 Å². The Morgan fingerprint density at radius 3 is 2.94 bits per heavy atom. The fourth-order valence-corrected chi connectivity index (χ4v) is 2.86. The molecule has 0 aromatic heterocycles. The summed E-state index contributed by atoms with van der Waals surface area (Å²) in [5.41, 5.74) is 1.23. The molecule has 1 aliphatic rings. The van der Waals surface area contributed by atoms with Crippen molar-refractivity contribution in [1.29, 1.82) is 0 Å². The van der Waals surface area contributed by atoms with E-state index in [0.29, 0.717) is 12.0 Å². The lowest BCUT2D eigenvalue weighted by Crippen LogP contribution is -2.41. The van der Waals surface area contributed by atoms with Gasteiger partial charge in [-0.15, -0.1) is 0 Å². The predicted octanol–water partition coefficient (Wildman–Crippen LogP) is 3.29. The zero-order valence-corrected chi connectivity index (χ0v) is 11.7. The fraction of sp³-hybridized carbons (Fsp3) is 0.600. The number of ether oxygens (including phenoxy) is 1. The molecule has 3 heteroatoms. The molecule has 0 saturated carbocycles. The number of hydrogen-bond donors (Lipinski definition) is 1. The minimum absolute atomic E-state index is 0.468. The zero-order valence-electron chi connectivity index (χ0n) is 11.0. The van der Waals surface area contributed by atoms with Crippen molar-refractivity contribution in [1.82, 2.24) is 5.32 Å². The van der Waals surface area contributed by atoms with Crippen LogP contribution in [0.2, 0.25) is 5.02 Å².